The van der Waals surface area contributed by atoms with Gasteiger partial charge in [-0.15, -0.1) is 10.2 Å². The number of nitrogens with zero attached hydrogens (tertiary/aromatic N) is 4. The summed E-state index contributed by atoms with van der Waals surface area (Å²) in [6, 6.07) is 8.15. The SMILES string of the molecule is CCn1c(SCC(=O)NCc2nc(C)c(C)o2)nnc1-c1cccc(C)c1. The van der Waals surface area contributed by atoms with Crippen LogP contribution in [0, 0.1) is 20.8 Å². The fourth-order valence-electron chi connectivity index (χ4n) is 2.65. The van der Waals surface area contributed by atoms with Crippen LogP contribution in [0.3, 0.4) is 0 Å². The standard InChI is InChI=1S/C19H23N5O2S/c1-5-24-18(15-8-6-7-12(2)9-15)22-23-19(24)27-11-16(25)20-10-17-21-13(3)14(4)26-17/h6-9H,5,10-11H2,1-4H3,(H,20,25). The van der Waals surface area contributed by atoms with Crippen molar-refractivity contribution in [2.45, 2.75) is 45.9 Å². The predicted molar refractivity (Wildman–Crippen MR) is 104 cm³/mol. The molecule has 0 atom stereocenters. The van der Waals surface area contributed by atoms with Crippen molar-refractivity contribution in [1.29, 1.82) is 0 Å². The molecule has 1 N–H and O–H groups in total. The lowest BCUT2D eigenvalue weighted by Gasteiger charge is -2.08. The number of hydrogen-bond acceptors (Lipinski definition) is 6. The van der Waals surface area contributed by atoms with Crippen LogP contribution in [-0.2, 0) is 17.9 Å². The van der Waals surface area contributed by atoms with Crippen molar-refractivity contribution in [2.75, 3.05) is 5.75 Å². The maximum absolute atomic E-state index is 12.1. The average Bonchev–Trinajstić information content (AvgIpc) is 3.21. The molecule has 8 heteroatoms. The summed E-state index contributed by atoms with van der Waals surface area (Å²) in [7, 11) is 0. The monoisotopic (exact) mass is 385 g/mol. The zero-order chi connectivity index (χ0) is 19.4. The second-order valence-corrected chi connectivity index (χ2v) is 7.18. The minimum absolute atomic E-state index is 0.101. The van der Waals surface area contributed by atoms with E-state index in [0.717, 1.165) is 34.5 Å². The van der Waals surface area contributed by atoms with Gasteiger partial charge < -0.3 is 14.3 Å². The van der Waals surface area contributed by atoms with Crippen molar-refractivity contribution in [3.8, 4) is 11.4 Å². The predicted octanol–water partition coefficient (Wildman–Crippen LogP) is 3.29. The molecule has 3 aromatic rings. The van der Waals surface area contributed by atoms with Gasteiger partial charge in [-0.3, -0.25) is 4.79 Å². The Balaban J connectivity index is 1.61. The van der Waals surface area contributed by atoms with Gasteiger partial charge in [-0.05, 0) is 33.8 Å². The van der Waals surface area contributed by atoms with Gasteiger partial charge in [0.2, 0.25) is 11.8 Å². The lowest BCUT2D eigenvalue weighted by Crippen LogP contribution is -2.24. The van der Waals surface area contributed by atoms with Crippen LogP contribution in [0.4, 0.5) is 0 Å². The number of aryl methyl sites for hydroxylation is 3. The second-order valence-electron chi connectivity index (χ2n) is 6.23. The van der Waals surface area contributed by atoms with E-state index in [2.05, 4.69) is 26.6 Å². The smallest absolute Gasteiger partial charge is 0.230 e. The molecular formula is C19H23N5O2S. The molecule has 27 heavy (non-hydrogen) atoms. The topological polar surface area (TPSA) is 85.8 Å². The quantitative estimate of drug-likeness (QED) is 0.628. The Morgan fingerprint density at radius 1 is 1.26 bits per heavy atom. The molecule has 0 unspecified atom stereocenters. The van der Waals surface area contributed by atoms with Crippen molar-refractivity contribution in [2.24, 2.45) is 0 Å². The van der Waals surface area contributed by atoms with Crippen LogP contribution in [0.25, 0.3) is 11.4 Å². The molecule has 0 spiro atoms. The number of rotatable bonds is 7. The van der Waals surface area contributed by atoms with Gasteiger partial charge in [-0.1, -0.05) is 35.5 Å². The molecule has 2 aromatic heterocycles. The summed E-state index contributed by atoms with van der Waals surface area (Å²) in [4.78, 5) is 16.4. The number of thioether (sulfide) groups is 1. The van der Waals surface area contributed by atoms with Gasteiger partial charge in [-0.25, -0.2) is 4.98 Å². The molecular weight excluding hydrogens is 362 g/mol. The van der Waals surface area contributed by atoms with Gasteiger partial charge in [-0.2, -0.15) is 0 Å². The van der Waals surface area contributed by atoms with Crippen molar-refractivity contribution >= 4 is 17.7 Å². The third-order valence-corrected chi connectivity index (χ3v) is 5.12. The first-order valence-corrected chi connectivity index (χ1v) is 9.79. The zero-order valence-electron chi connectivity index (χ0n) is 15.9. The molecule has 0 aliphatic rings. The van der Waals surface area contributed by atoms with E-state index in [9.17, 15) is 4.79 Å². The van der Waals surface area contributed by atoms with Crippen LogP contribution in [0.5, 0.6) is 0 Å². The number of nitrogens with one attached hydrogen (secondary N) is 1. The Morgan fingerprint density at radius 3 is 2.74 bits per heavy atom. The van der Waals surface area contributed by atoms with E-state index in [1.807, 2.05) is 50.5 Å². The Bertz CT molecular complexity index is 928. The van der Waals surface area contributed by atoms with Crippen LogP contribution in [0.2, 0.25) is 0 Å². The van der Waals surface area contributed by atoms with E-state index in [-0.39, 0.29) is 18.2 Å². The maximum atomic E-state index is 12.1. The van der Waals surface area contributed by atoms with Crippen molar-refractivity contribution in [1.82, 2.24) is 25.1 Å². The summed E-state index contributed by atoms with van der Waals surface area (Å²) >= 11 is 1.37. The van der Waals surface area contributed by atoms with Gasteiger partial charge in [0, 0.05) is 12.1 Å². The van der Waals surface area contributed by atoms with Crippen LogP contribution in [-0.4, -0.2) is 31.4 Å². The van der Waals surface area contributed by atoms with Gasteiger partial charge in [0.15, 0.2) is 11.0 Å². The minimum atomic E-state index is -0.101. The molecule has 142 valence electrons. The largest absolute Gasteiger partial charge is 0.444 e. The third-order valence-electron chi connectivity index (χ3n) is 4.15. The molecule has 0 fully saturated rings. The molecule has 0 bridgehead atoms. The fourth-order valence-corrected chi connectivity index (χ4v) is 3.48. The molecule has 0 aliphatic heterocycles. The summed E-state index contributed by atoms with van der Waals surface area (Å²) < 4.78 is 7.49. The average molecular weight is 385 g/mol. The van der Waals surface area contributed by atoms with Gasteiger partial charge in [0.25, 0.3) is 0 Å². The summed E-state index contributed by atoms with van der Waals surface area (Å²) in [6.45, 7) is 8.83. The molecule has 0 radical (unpaired) electrons. The number of amides is 1. The van der Waals surface area contributed by atoms with E-state index in [1.54, 1.807) is 0 Å². The van der Waals surface area contributed by atoms with E-state index in [0.29, 0.717) is 5.89 Å². The van der Waals surface area contributed by atoms with E-state index in [4.69, 9.17) is 4.42 Å². The van der Waals surface area contributed by atoms with Gasteiger partial charge in [0.1, 0.15) is 5.76 Å². The van der Waals surface area contributed by atoms with Crippen LogP contribution in [0.1, 0.15) is 29.8 Å². The number of carbonyl (C=O) groups excluding carboxylic acids is 1. The second kappa shape index (κ2) is 8.39. The zero-order valence-corrected chi connectivity index (χ0v) is 16.8. The number of carbonyl (C=O) groups is 1. The molecule has 0 saturated carbocycles. The summed E-state index contributed by atoms with van der Waals surface area (Å²) in [5.74, 6) is 2.26. The Labute approximate surface area is 162 Å². The first-order valence-electron chi connectivity index (χ1n) is 8.80. The maximum Gasteiger partial charge on any atom is 0.230 e. The highest BCUT2D eigenvalue weighted by Gasteiger charge is 2.15. The number of aromatic nitrogens is 4. The lowest BCUT2D eigenvalue weighted by atomic mass is 10.1. The minimum Gasteiger partial charge on any atom is -0.444 e. The highest BCUT2D eigenvalue weighted by Crippen LogP contribution is 2.24. The first kappa shape index (κ1) is 19.2. The molecule has 1 aromatic carbocycles. The summed E-state index contributed by atoms with van der Waals surface area (Å²) in [5.41, 5.74) is 3.03. The molecule has 0 aliphatic carbocycles. The van der Waals surface area contributed by atoms with Gasteiger partial charge >= 0.3 is 0 Å². The molecule has 3 rings (SSSR count). The van der Waals surface area contributed by atoms with E-state index < -0.39 is 0 Å². The summed E-state index contributed by atoms with van der Waals surface area (Å²) in [5, 5.41) is 12.1. The molecule has 0 saturated heterocycles. The Morgan fingerprint density at radius 2 is 2.07 bits per heavy atom. The van der Waals surface area contributed by atoms with Crippen molar-refractivity contribution in [3.05, 3.63) is 47.2 Å². The molecule has 1 amide bonds. The van der Waals surface area contributed by atoms with Crippen molar-refractivity contribution < 1.29 is 9.21 Å². The first-order chi connectivity index (χ1) is 13.0. The van der Waals surface area contributed by atoms with E-state index >= 15 is 0 Å². The number of benzene rings is 1. The lowest BCUT2D eigenvalue weighted by molar-refractivity contribution is -0.118. The molecule has 7 nitrogen and oxygen atoms in total. The summed E-state index contributed by atoms with van der Waals surface area (Å²) in [6.07, 6.45) is 0. The highest BCUT2D eigenvalue weighted by atomic mass is 32.2. The van der Waals surface area contributed by atoms with Crippen LogP contribution >= 0.6 is 11.8 Å². The third kappa shape index (κ3) is 4.57. The van der Waals surface area contributed by atoms with Crippen LogP contribution in [0.15, 0.2) is 33.8 Å². The Hall–Kier alpha value is -2.61. The Kier molecular flexibility index (Phi) is 5.95. The van der Waals surface area contributed by atoms with Crippen molar-refractivity contribution in [3.63, 3.8) is 0 Å². The van der Waals surface area contributed by atoms with Gasteiger partial charge in [0.05, 0.1) is 18.0 Å². The number of oxazole rings is 1. The molecule has 2 heterocycles. The van der Waals surface area contributed by atoms with Crippen LogP contribution < -0.4 is 5.32 Å². The number of hydrogen-bond donors (Lipinski definition) is 1. The fraction of sp³-hybridized carbons (Fsp3) is 0.368. The normalized spacial score (nSPS) is 11.0. The highest BCUT2D eigenvalue weighted by molar-refractivity contribution is 7.99. The van der Waals surface area contributed by atoms with E-state index in [1.165, 1.54) is 17.3 Å².